The molecule has 0 fully saturated rings. The van der Waals surface area contributed by atoms with Gasteiger partial charge in [0.2, 0.25) is 5.91 Å². The summed E-state index contributed by atoms with van der Waals surface area (Å²) in [7, 11) is 0. The predicted octanol–water partition coefficient (Wildman–Crippen LogP) is 2.55. The van der Waals surface area contributed by atoms with E-state index >= 15 is 0 Å². The second-order valence-electron chi connectivity index (χ2n) is 4.16. The van der Waals surface area contributed by atoms with Crippen molar-refractivity contribution in [3.05, 3.63) is 53.1 Å². The smallest absolute Gasteiger partial charge is 0.244 e. The number of nitrogens with one attached hydrogen (secondary N) is 1. The Bertz CT molecular complexity index is 568. The van der Waals surface area contributed by atoms with Crippen LogP contribution in [0.15, 0.2) is 36.7 Å². The van der Waals surface area contributed by atoms with Gasteiger partial charge in [-0.3, -0.25) is 9.48 Å². The highest BCUT2D eigenvalue weighted by atomic mass is 35.5. The van der Waals surface area contributed by atoms with Crippen LogP contribution < -0.4 is 5.32 Å². The lowest BCUT2D eigenvalue weighted by atomic mass is 10.2. The lowest BCUT2D eigenvalue weighted by molar-refractivity contribution is -0.124. The Labute approximate surface area is 115 Å². The van der Waals surface area contributed by atoms with Crippen molar-refractivity contribution in [2.75, 3.05) is 0 Å². The SMILES string of the molecule is CC(C(=O)NCc1ccc(F)cc1)n1cc(Cl)cn1. The molecule has 1 heterocycles. The van der Waals surface area contributed by atoms with Crippen molar-refractivity contribution in [2.45, 2.75) is 19.5 Å². The minimum absolute atomic E-state index is 0.177. The maximum atomic E-state index is 12.7. The molecule has 0 aliphatic rings. The lowest BCUT2D eigenvalue weighted by Gasteiger charge is -2.12. The predicted molar refractivity (Wildman–Crippen MR) is 70.2 cm³/mol. The van der Waals surface area contributed by atoms with E-state index in [4.69, 9.17) is 11.6 Å². The number of carbonyl (C=O) groups excluding carboxylic acids is 1. The molecule has 0 bridgehead atoms. The maximum absolute atomic E-state index is 12.7. The van der Waals surface area contributed by atoms with E-state index in [1.807, 2.05) is 0 Å². The molecule has 2 rings (SSSR count). The average Bonchev–Trinajstić information content (AvgIpc) is 2.83. The maximum Gasteiger partial charge on any atom is 0.244 e. The van der Waals surface area contributed by atoms with Crippen molar-refractivity contribution in [3.63, 3.8) is 0 Å². The minimum Gasteiger partial charge on any atom is -0.350 e. The van der Waals surface area contributed by atoms with E-state index in [0.717, 1.165) is 5.56 Å². The van der Waals surface area contributed by atoms with Crippen LogP contribution in [0.1, 0.15) is 18.5 Å². The Morgan fingerprint density at radius 3 is 2.74 bits per heavy atom. The quantitative estimate of drug-likeness (QED) is 0.936. The van der Waals surface area contributed by atoms with E-state index in [1.54, 1.807) is 25.3 Å². The van der Waals surface area contributed by atoms with E-state index in [1.165, 1.54) is 23.0 Å². The first-order chi connectivity index (χ1) is 9.06. The second-order valence-corrected chi connectivity index (χ2v) is 4.60. The summed E-state index contributed by atoms with van der Waals surface area (Å²) < 4.78 is 14.2. The van der Waals surface area contributed by atoms with Crippen LogP contribution in [0, 0.1) is 5.82 Å². The number of carbonyl (C=O) groups is 1. The van der Waals surface area contributed by atoms with Gasteiger partial charge in [-0.1, -0.05) is 23.7 Å². The topological polar surface area (TPSA) is 46.9 Å². The van der Waals surface area contributed by atoms with Crippen molar-refractivity contribution < 1.29 is 9.18 Å². The minimum atomic E-state index is -0.451. The molecule has 0 saturated carbocycles. The highest BCUT2D eigenvalue weighted by Gasteiger charge is 2.15. The highest BCUT2D eigenvalue weighted by molar-refractivity contribution is 6.30. The van der Waals surface area contributed by atoms with E-state index in [-0.39, 0.29) is 11.7 Å². The van der Waals surface area contributed by atoms with Crippen molar-refractivity contribution in [1.29, 1.82) is 0 Å². The molecule has 100 valence electrons. The highest BCUT2D eigenvalue weighted by Crippen LogP contribution is 2.11. The average molecular weight is 282 g/mol. The largest absolute Gasteiger partial charge is 0.350 e. The van der Waals surface area contributed by atoms with Gasteiger partial charge in [0.05, 0.1) is 11.2 Å². The fraction of sp³-hybridized carbons (Fsp3) is 0.231. The van der Waals surface area contributed by atoms with Crippen LogP contribution in [0.25, 0.3) is 0 Å². The van der Waals surface area contributed by atoms with Crippen LogP contribution in [0.4, 0.5) is 4.39 Å². The molecule has 1 N–H and O–H groups in total. The number of nitrogens with zero attached hydrogens (tertiary/aromatic N) is 2. The van der Waals surface area contributed by atoms with Gasteiger partial charge in [-0.15, -0.1) is 0 Å². The molecule has 1 aromatic carbocycles. The molecule has 0 spiro atoms. The molecule has 0 aliphatic heterocycles. The summed E-state index contributed by atoms with van der Waals surface area (Å²) in [4.78, 5) is 11.9. The number of hydrogen-bond acceptors (Lipinski definition) is 2. The zero-order valence-corrected chi connectivity index (χ0v) is 11.1. The van der Waals surface area contributed by atoms with Crippen LogP contribution in [0.3, 0.4) is 0 Å². The molecule has 6 heteroatoms. The number of hydrogen-bond donors (Lipinski definition) is 1. The fourth-order valence-corrected chi connectivity index (χ4v) is 1.73. The molecule has 4 nitrogen and oxygen atoms in total. The van der Waals surface area contributed by atoms with Crippen LogP contribution in [-0.2, 0) is 11.3 Å². The van der Waals surface area contributed by atoms with Gasteiger partial charge in [-0.25, -0.2) is 4.39 Å². The summed E-state index contributed by atoms with van der Waals surface area (Å²) in [6, 6.07) is 5.53. The summed E-state index contributed by atoms with van der Waals surface area (Å²) in [6.07, 6.45) is 3.06. The summed E-state index contributed by atoms with van der Waals surface area (Å²) in [5, 5.41) is 7.22. The summed E-state index contributed by atoms with van der Waals surface area (Å²) >= 11 is 5.75. The number of aromatic nitrogens is 2. The van der Waals surface area contributed by atoms with Crippen LogP contribution >= 0.6 is 11.6 Å². The molecular formula is C13H13ClFN3O. The van der Waals surface area contributed by atoms with Crippen LogP contribution in [0.2, 0.25) is 5.02 Å². The van der Waals surface area contributed by atoms with E-state index in [2.05, 4.69) is 10.4 Å². The number of rotatable bonds is 4. The van der Waals surface area contributed by atoms with E-state index < -0.39 is 6.04 Å². The van der Waals surface area contributed by atoms with Gasteiger partial charge in [0.15, 0.2) is 0 Å². The molecule has 2 aromatic rings. The number of benzene rings is 1. The van der Waals surface area contributed by atoms with Crippen molar-refractivity contribution >= 4 is 17.5 Å². The zero-order valence-electron chi connectivity index (χ0n) is 10.3. The molecule has 0 aliphatic carbocycles. The number of amides is 1. The normalized spacial score (nSPS) is 12.2. The standard InChI is InChI=1S/C13H13ClFN3O/c1-9(18-8-11(14)7-17-18)13(19)16-6-10-2-4-12(15)5-3-10/h2-5,7-9H,6H2,1H3,(H,16,19). The van der Waals surface area contributed by atoms with Gasteiger partial charge in [0.1, 0.15) is 11.9 Å². The Hall–Kier alpha value is -1.88. The molecule has 19 heavy (non-hydrogen) atoms. The van der Waals surface area contributed by atoms with E-state index in [9.17, 15) is 9.18 Å². The van der Waals surface area contributed by atoms with Crippen molar-refractivity contribution in [3.8, 4) is 0 Å². The third kappa shape index (κ3) is 3.54. The lowest BCUT2D eigenvalue weighted by Crippen LogP contribution is -2.30. The molecule has 0 saturated heterocycles. The molecular weight excluding hydrogens is 269 g/mol. The molecule has 1 atom stereocenters. The summed E-state index contributed by atoms with van der Waals surface area (Å²) in [6.45, 7) is 2.07. The third-order valence-corrected chi connectivity index (χ3v) is 2.92. The fourth-order valence-electron chi connectivity index (χ4n) is 1.59. The first-order valence-corrected chi connectivity index (χ1v) is 6.16. The molecule has 0 radical (unpaired) electrons. The Morgan fingerprint density at radius 1 is 1.47 bits per heavy atom. The van der Waals surface area contributed by atoms with Crippen LogP contribution in [0.5, 0.6) is 0 Å². The summed E-state index contributed by atoms with van der Waals surface area (Å²) in [5.74, 6) is -0.473. The number of halogens is 2. The summed E-state index contributed by atoms with van der Waals surface area (Å²) in [5.41, 5.74) is 0.834. The Morgan fingerprint density at radius 2 is 2.16 bits per heavy atom. The second kappa shape index (κ2) is 5.84. The Balaban J connectivity index is 1.92. The third-order valence-electron chi connectivity index (χ3n) is 2.73. The van der Waals surface area contributed by atoms with Crippen molar-refractivity contribution in [1.82, 2.24) is 15.1 Å². The van der Waals surface area contributed by atoms with Gasteiger partial charge < -0.3 is 5.32 Å². The molecule has 1 amide bonds. The van der Waals surface area contributed by atoms with Gasteiger partial charge in [0, 0.05) is 12.7 Å². The first-order valence-electron chi connectivity index (χ1n) is 5.78. The van der Waals surface area contributed by atoms with Gasteiger partial charge >= 0.3 is 0 Å². The van der Waals surface area contributed by atoms with Crippen LogP contribution in [-0.4, -0.2) is 15.7 Å². The van der Waals surface area contributed by atoms with Crippen molar-refractivity contribution in [2.24, 2.45) is 0 Å². The monoisotopic (exact) mass is 281 g/mol. The zero-order chi connectivity index (χ0) is 13.8. The van der Waals surface area contributed by atoms with Gasteiger partial charge in [-0.2, -0.15) is 5.10 Å². The van der Waals surface area contributed by atoms with E-state index in [0.29, 0.717) is 11.6 Å². The molecule has 1 unspecified atom stereocenters. The first kappa shape index (κ1) is 13.5. The molecule has 1 aromatic heterocycles. The van der Waals surface area contributed by atoms with Gasteiger partial charge in [0.25, 0.3) is 0 Å². The Kier molecular flexibility index (Phi) is 4.16. The van der Waals surface area contributed by atoms with Gasteiger partial charge in [-0.05, 0) is 24.6 Å².